The number of hydrogen-bond acceptors (Lipinski definition) is 3. The van der Waals surface area contributed by atoms with E-state index in [1.165, 1.54) is 0 Å². The van der Waals surface area contributed by atoms with Crippen LogP contribution in [0, 0.1) is 0 Å². The van der Waals surface area contributed by atoms with Gasteiger partial charge in [-0.2, -0.15) is 5.10 Å². The second-order valence-corrected chi connectivity index (χ2v) is 5.12. The van der Waals surface area contributed by atoms with Gasteiger partial charge in [0, 0.05) is 24.2 Å². The summed E-state index contributed by atoms with van der Waals surface area (Å²) in [6.07, 6.45) is 3.99. The van der Waals surface area contributed by atoms with Crippen molar-refractivity contribution in [1.82, 2.24) is 14.7 Å². The molecule has 0 bridgehead atoms. The van der Waals surface area contributed by atoms with Gasteiger partial charge in [-0.1, -0.05) is 0 Å². The molecule has 1 aromatic heterocycles. The molecule has 5 heteroatoms. The van der Waals surface area contributed by atoms with Gasteiger partial charge in [-0.3, -0.25) is 9.48 Å². The van der Waals surface area contributed by atoms with Crippen LogP contribution in [0.1, 0.15) is 25.8 Å². The van der Waals surface area contributed by atoms with Crippen LogP contribution in [-0.2, 0) is 4.79 Å². The lowest BCUT2D eigenvalue weighted by Crippen LogP contribution is -2.34. The summed E-state index contributed by atoms with van der Waals surface area (Å²) in [7, 11) is 0. The number of rotatable bonds is 2. The van der Waals surface area contributed by atoms with E-state index in [9.17, 15) is 4.79 Å². The highest BCUT2D eigenvalue weighted by molar-refractivity contribution is 5.86. The fourth-order valence-electron chi connectivity index (χ4n) is 2.67. The number of nitrogen functional groups attached to an aromatic ring is 1. The Labute approximate surface area is 112 Å². The fourth-order valence-corrected chi connectivity index (χ4v) is 2.67. The summed E-state index contributed by atoms with van der Waals surface area (Å²) in [6.45, 7) is 3.63. The number of aromatic nitrogens is 2. The van der Waals surface area contributed by atoms with Crippen molar-refractivity contribution in [2.45, 2.75) is 25.8 Å². The van der Waals surface area contributed by atoms with Crippen molar-refractivity contribution in [3.05, 3.63) is 24.4 Å². The molecular formula is C14H18N4O. The molecular weight excluding hydrogens is 240 g/mol. The number of amides is 1. The molecule has 3 rings (SSSR count). The van der Waals surface area contributed by atoms with Gasteiger partial charge in [-0.15, -0.1) is 0 Å². The van der Waals surface area contributed by atoms with Gasteiger partial charge >= 0.3 is 0 Å². The van der Waals surface area contributed by atoms with E-state index in [1.54, 1.807) is 10.9 Å². The lowest BCUT2D eigenvalue weighted by atomic mass is 10.2. The predicted octanol–water partition coefficient (Wildman–Crippen LogP) is 1.80. The Morgan fingerprint density at radius 2 is 2.11 bits per heavy atom. The minimum absolute atomic E-state index is 0.143. The number of nitrogens with zero attached hydrogens (tertiary/aromatic N) is 3. The minimum atomic E-state index is -0.280. The van der Waals surface area contributed by atoms with Gasteiger partial charge in [-0.05, 0) is 38.0 Å². The maximum Gasteiger partial charge on any atom is 0.247 e. The second-order valence-electron chi connectivity index (χ2n) is 5.12. The zero-order valence-electron chi connectivity index (χ0n) is 11.0. The van der Waals surface area contributed by atoms with Crippen LogP contribution in [-0.4, -0.2) is 33.7 Å². The molecule has 1 unspecified atom stereocenters. The Kier molecular flexibility index (Phi) is 2.89. The van der Waals surface area contributed by atoms with Gasteiger partial charge < -0.3 is 10.6 Å². The maximum atomic E-state index is 12.4. The molecule has 0 aliphatic carbocycles. The number of anilines is 1. The summed E-state index contributed by atoms with van der Waals surface area (Å²) in [5, 5.41) is 5.35. The second kappa shape index (κ2) is 4.57. The highest BCUT2D eigenvalue weighted by atomic mass is 16.2. The number of hydrogen-bond donors (Lipinski definition) is 1. The third kappa shape index (κ3) is 2.05. The standard InChI is InChI=1S/C14H18N4O/c1-10(14(19)17-6-2-3-7-17)18-13-8-12(15)5-4-11(13)9-16-18/h4-5,8-10H,2-3,6-7,15H2,1H3. The molecule has 0 radical (unpaired) electrons. The van der Waals surface area contributed by atoms with E-state index in [4.69, 9.17) is 5.73 Å². The number of nitrogens with two attached hydrogens (primary N) is 1. The number of fused-ring (bicyclic) bond motifs is 1. The zero-order chi connectivity index (χ0) is 13.4. The first-order valence-corrected chi connectivity index (χ1v) is 6.68. The van der Waals surface area contributed by atoms with Crippen LogP contribution < -0.4 is 5.73 Å². The molecule has 1 amide bonds. The van der Waals surface area contributed by atoms with E-state index in [0.29, 0.717) is 5.69 Å². The Morgan fingerprint density at radius 3 is 2.84 bits per heavy atom. The molecule has 1 aliphatic rings. The van der Waals surface area contributed by atoms with Gasteiger partial charge in [0.25, 0.3) is 0 Å². The van der Waals surface area contributed by atoms with Gasteiger partial charge in [0.2, 0.25) is 5.91 Å². The van der Waals surface area contributed by atoms with Gasteiger partial charge in [0.1, 0.15) is 6.04 Å². The lowest BCUT2D eigenvalue weighted by molar-refractivity contribution is -0.133. The van der Waals surface area contributed by atoms with E-state index in [1.807, 2.05) is 30.0 Å². The summed E-state index contributed by atoms with van der Waals surface area (Å²) in [5.74, 6) is 0.143. The number of carbonyl (C=O) groups is 1. The zero-order valence-corrected chi connectivity index (χ0v) is 11.0. The largest absolute Gasteiger partial charge is 0.399 e. The van der Waals surface area contributed by atoms with E-state index >= 15 is 0 Å². The summed E-state index contributed by atoms with van der Waals surface area (Å²) < 4.78 is 1.77. The molecule has 1 atom stereocenters. The quantitative estimate of drug-likeness (QED) is 0.835. The maximum absolute atomic E-state index is 12.4. The number of benzene rings is 1. The van der Waals surface area contributed by atoms with Crippen LogP contribution in [0.15, 0.2) is 24.4 Å². The van der Waals surface area contributed by atoms with Crippen molar-refractivity contribution >= 4 is 22.5 Å². The average molecular weight is 258 g/mol. The van der Waals surface area contributed by atoms with Crippen molar-refractivity contribution in [3.8, 4) is 0 Å². The molecule has 1 aromatic carbocycles. The summed E-state index contributed by atoms with van der Waals surface area (Å²) in [4.78, 5) is 14.3. The van der Waals surface area contributed by atoms with Gasteiger partial charge in [0.05, 0.1) is 11.7 Å². The first-order valence-electron chi connectivity index (χ1n) is 6.68. The third-order valence-electron chi connectivity index (χ3n) is 3.76. The molecule has 100 valence electrons. The topological polar surface area (TPSA) is 64.2 Å². The van der Waals surface area contributed by atoms with E-state index in [-0.39, 0.29) is 11.9 Å². The molecule has 2 heterocycles. The van der Waals surface area contributed by atoms with Crippen LogP contribution in [0.3, 0.4) is 0 Å². The molecule has 0 spiro atoms. The minimum Gasteiger partial charge on any atom is -0.399 e. The van der Waals surface area contributed by atoms with Crippen molar-refractivity contribution in [2.24, 2.45) is 0 Å². The predicted molar refractivity (Wildman–Crippen MR) is 74.7 cm³/mol. The van der Waals surface area contributed by atoms with Crippen molar-refractivity contribution < 1.29 is 4.79 Å². The molecule has 0 saturated carbocycles. The average Bonchev–Trinajstić information content (AvgIpc) is 3.05. The van der Waals surface area contributed by atoms with Crippen molar-refractivity contribution in [1.29, 1.82) is 0 Å². The van der Waals surface area contributed by atoms with E-state index in [0.717, 1.165) is 36.8 Å². The van der Waals surface area contributed by atoms with Crippen LogP contribution in [0.5, 0.6) is 0 Å². The summed E-state index contributed by atoms with van der Waals surface area (Å²) in [6, 6.07) is 5.37. The monoisotopic (exact) mass is 258 g/mol. The fraction of sp³-hybridized carbons (Fsp3) is 0.429. The molecule has 5 nitrogen and oxygen atoms in total. The first kappa shape index (κ1) is 12.0. The Morgan fingerprint density at radius 1 is 1.37 bits per heavy atom. The molecule has 2 N–H and O–H groups in total. The molecule has 19 heavy (non-hydrogen) atoms. The Hall–Kier alpha value is -2.04. The van der Waals surface area contributed by atoms with Crippen LogP contribution in [0.25, 0.3) is 10.9 Å². The molecule has 2 aromatic rings. The first-order chi connectivity index (χ1) is 9.16. The third-order valence-corrected chi connectivity index (χ3v) is 3.76. The number of likely N-dealkylation sites (tertiary alicyclic amines) is 1. The molecule has 1 fully saturated rings. The SMILES string of the molecule is CC(C(=O)N1CCCC1)n1ncc2ccc(N)cc21. The highest BCUT2D eigenvalue weighted by Crippen LogP contribution is 2.22. The molecule has 1 saturated heterocycles. The van der Waals surface area contributed by atoms with Crippen molar-refractivity contribution in [3.63, 3.8) is 0 Å². The van der Waals surface area contributed by atoms with Gasteiger partial charge in [0.15, 0.2) is 0 Å². The Bertz CT molecular complexity index is 613. The normalized spacial score (nSPS) is 17.0. The molecule has 1 aliphatic heterocycles. The smallest absolute Gasteiger partial charge is 0.247 e. The number of carbonyl (C=O) groups excluding carboxylic acids is 1. The van der Waals surface area contributed by atoms with Crippen LogP contribution in [0.2, 0.25) is 0 Å². The summed E-state index contributed by atoms with van der Waals surface area (Å²) in [5.41, 5.74) is 7.42. The summed E-state index contributed by atoms with van der Waals surface area (Å²) >= 11 is 0. The van der Waals surface area contributed by atoms with Gasteiger partial charge in [-0.25, -0.2) is 0 Å². The van der Waals surface area contributed by atoms with E-state index < -0.39 is 0 Å². The van der Waals surface area contributed by atoms with Crippen LogP contribution >= 0.6 is 0 Å². The Balaban J connectivity index is 1.94. The highest BCUT2D eigenvalue weighted by Gasteiger charge is 2.25. The van der Waals surface area contributed by atoms with Crippen LogP contribution in [0.4, 0.5) is 5.69 Å². The lowest BCUT2D eigenvalue weighted by Gasteiger charge is -2.21. The van der Waals surface area contributed by atoms with Crippen molar-refractivity contribution in [2.75, 3.05) is 18.8 Å². The van der Waals surface area contributed by atoms with E-state index in [2.05, 4.69) is 5.10 Å².